The van der Waals surface area contributed by atoms with Crippen LogP contribution in [0.15, 0.2) is 17.0 Å². The van der Waals surface area contributed by atoms with Gasteiger partial charge in [-0.3, -0.25) is 4.79 Å². The van der Waals surface area contributed by atoms with E-state index in [1.807, 2.05) is 0 Å². The lowest BCUT2D eigenvalue weighted by molar-refractivity contribution is -0.120. The first-order valence-electron chi connectivity index (χ1n) is 5.11. The minimum absolute atomic E-state index is 0.00850. The Morgan fingerprint density at radius 3 is 2.63 bits per heavy atom. The highest BCUT2D eigenvalue weighted by molar-refractivity contribution is 7.89. The van der Waals surface area contributed by atoms with Crippen molar-refractivity contribution in [3.8, 4) is 0 Å². The van der Waals surface area contributed by atoms with Gasteiger partial charge in [-0.1, -0.05) is 11.6 Å². The van der Waals surface area contributed by atoms with Crippen molar-refractivity contribution in [2.75, 3.05) is 26.4 Å². The van der Waals surface area contributed by atoms with Gasteiger partial charge in [0.05, 0.1) is 12.2 Å². The zero-order chi connectivity index (χ0) is 14.8. The highest BCUT2D eigenvalue weighted by atomic mass is 35.5. The zero-order valence-corrected chi connectivity index (χ0v) is 11.8. The second kappa shape index (κ2) is 5.72. The number of anilines is 1. The minimum Gasteiger partial charge on any atom is -0.396 e. The molecule has 3 N–H and O–H groups in total. The Morgan fingerprint density at radius 2 is 2.11 bits per heavy atom. The zero-order valence-electron chi connectivity index (χ0n) is 10.3. The lowest BCUT2D eigenvalue weighted by atomic mass is 10.3. The summed E-state index contributed by atoms with van der Waals surface area (Å²) in [5.41, 5.74) is 4.95. The summed E-state index contributed by atoms with van der Waals surface area (Å²) in [5.74, 6) is -1.62. The summed E-state index contributed by atoms with van der Waals surface area (Å²) in [6, 6.07) is 2.05. The van der Waals surface area contributed by atoms with Gasteiger partial charge in [0.15, 0.2) is 5.82 Å². The van der Waals surface area contributed by atoms with Crippen molar-refractivity contribution in [2.45, 2.75) is 4.90 Å². The van der Waals surface area contributed by atoms with E-state index in [-0.39, 0.29) is 10.7 Å². The van der Waals surface area contributed by atoms with E-state index in [1.165, 1.54) is 7.05 Å². The summed E-state index contributed by atoms with van der Waals surface area (Å²) in [6.07, 6.45) is 0. The highest BCUT2D eigenvalue weighted by Crippen LogP contribution is 2.26. The summed E-state index contributed by atoms with van der Waals surface area (Å²) in [6.45, 7) is -0.440. The number of hydrogen-bond donors (Lipinski definition) is 2. The number of nitrogen functional groups attached to an aromatic ring is 1. The van der Waals surface area contributed by atoms with Gasteiger partial charge in [0.1, 0.15) is 4.90 Å². The molecule has 0 fully saturated rings. The number of sulfonamides is 1. The number of benzene rings is 1. The van der Waals surface area contributed by atoms with Crippen LogP contribution >= 0.6 is 11.6 Å². The molecule has 0 aliphatic carbocycles. The Kier molecular flexibility index (Phi) is 4.72. The van der Waals surface area contributed by atoms with Crippen molar-refractivity contribution in [3.63, 3.8) is 0 Å². The molecule has 0 aliphatic rings. The van der Waals surface area contributed by atoms with Gasteiger partial charge in [-0.25, -0.2) is 12.8 Å². The lowest BCUT2D eigenvalue weighted by Gasteiger charge is -2.17. The number of halogens is 2. The summed E-state index contributed by atoms with van der Waals surface area (Å²) in [7, 11) is -1.67. The van der Waals surface area contributed by atoms with Gasteiger partial charge in [-0.05, 0) is 12.1 Å². The van der Waals surface area contributed by atoms with Crippen LogP contribution in [0.3, 0.4) is 0 Å². The standard InChI is InChI=1S/C10H13ClFN3O3S/c1-14-9(16)5-15(2)19(17,18)8-4-6(11)3-7(13)10(8)12/h3-4H,5,13H2,1-2H3,(H,14,16). The summed E-state index contributed by atoms with van der Waals surface area (Å²) >= 11 is 5.66. The van der Waals surface area contributed by atoms with Crippen LogP contribution in [0, 0.1) is 5.82 Å². The smallest absolute Gasteiger partial charge is 0.246 e. The van der Waals surface area contributed by atoms with Crippen LogP contribution in [0.4, 0.5) is 10.1 Å². The second-order valence-electron chi connectivity index (χ2n) is 3.74. The molecule has 9 heteroatoms. The molecule has 1 aromatic rings. The third-order valence-electron chi connectivity index (χ3n) is 2.37. The molecule has 0 atom stereocenters. The number of carbonyl (C=O) groups is 1. The fourth-order valence-electron chi connectivity index (χ4n) is 1.31. The molecular formula is C10H13ClFN3O3S. The van der Waals surface area contributed by atoms with Gasteiger partial charge in [-0.15, -0.1) is 0 Å². The Hall–Kier alpha value is -1.38. The van der Waals surface area contributed by atoms with E-state index in [1.54, 1.807) is 0 Å². The maximum atomic E-state index is 13.8. The van der Waals surface area contributed by atoms with Crippen molar-refractivity contribution < 1.29 is 17.6 Å². The highest BCUT2D eigenvalue weighted by Gasteiger charge is 2.27. The van der Waals surface area contributed by atoms with Crippen molar-refractivity contribution in [1.82, 2.24) is 9.62 Å². The van der Waals surface area contributed by atoms with Gasteiger partial charge >= 0.3 is 0 Å². The number of nitrogens with one attached hydrogen (secondary N) is 1. The van der Waals surface area contributed by atoms with Crippen LogP contribution in [0.5, 0.6) is 0 Å². The third-order valence-corrected chi connectivity index (χ3v) is 4.39. The Morgan fingerprint density at radius 1 is 1.53 bits per heavy atom. The number of carbonyl (C=O) groups excluding carboxylic acids is 1. The van der Waals surface area contributed by atoms with Crippen LogP contribution in [-0.2, 0) is 14.8 Å². The van der Waals surface area contributed by atoms with E-state index in [2.05, 4.69) is 5.32 Å². The van der Waals surface area contributed by atoms with Gasteiger partial charge in [0.25, 0.3) is 0 Å². The van der Waals surface area contributed by atoms with E-state index in [0.29, 0.717) is 4.31 Å². The van der Waals surface area contributed by atoms with Crippen LogP contribution in [0.2, 0.25) is 5.02 Å². The number of nitrogens with two attached hydrogens (primary N) is 1. The topological polar surface area (TPSA) is 92.5 Å². The molecule has 0 unspecified atom stereocenters. The van der Waals surface area contributed by atoms with Gasteiger partial charge in [-0.2, -0.15) is 4.31 Å². The number of hydrogen-bond acceptors (Lipinski definition) is 4. The number of amides is 1. The van der Waals surface area contributed by atoms with Crippen LogP contribution < -0.4 is 11.1 Å². The molecule has 1 amide bonds. The third kappa shape index (κ3) is 3.34. The van der Waals surface area contributed by atoms with Crippen molar-refractivity contribution in [2.24, 2.45) is 0 Å². The SMILES string of the molecule is CNC(=O)CN(C)S(=O)(=O)c1cc(Cl)cc(N)c1F. The molecule has 0 heterocycles. The Labute approximate surface area is 115 Å². The van der Waals surface area contributed by atoms with Crippen LogP contribution in [-0.4, -0.2) is 39.3 Å². The van der Waals surface area contributed by atoms with E-state index < -0.39 is 33.2 Å². The van der Waals surface area contributed by atoms with E-state index >= 15 is 0 Å². The maximum Gasteiger partial charge on any atom is 0.246 e. The van der Waals surface area contributed by atoms with E-state index in [4.69, 9.17) is 17.3 Å². The predicted octanol–water partition coefficient (Wildman–Crippen LogP) is 0.428. The van der Waals surface area contributed by atoms with Gasteiger partial charge < -0.3 is 11.1 Å². The summed E-state index contributed by atoms with van der Waals surface area (Å²) in [5, 5.41) is 2.26. The Balaban J connectivity index is 3.24. The molecule has 6 nitrogen and oxygen atoms in total. The molecule has 0 saturated carbocycles. The predicted molar refractivity (Wildman–Crippen MR) is 69.7 cm³/mol. The fraction of sp³-hybridized carbons (Fsp3) is 0.300. The van der Waals surface area contributed by atoms with E-state index in [0.717, 1.165) is 19.2 Å². The molecular weight excluding hydrogens is 297 g/mol. The molecule has 1 rings (SSSR count). The minimum atomic E-state index is -4.19. The maximum absolute atomic E-state index is 13.8. The van der Waals surface area contributed by atoms with Crippen LogP contribution in [0.1, 0.15) is 0 Å². The van der Waals surface area contributed by atoms with Gasteiger partial charge in [0, 0.05) is 19.1 Å². The average Bonchev–Trinajstić information content (AvgIpc) is 2.33. The molecule has 0 aromatic heterocycles. The summed E-state index contributed by atoms with van der Waals surface area (Å²) < 4.78 is 38.7. The normalized spacial score (nSPS) is 11.6. The van der Waals surface area contributed by atoms with Gasteiger partial charge in [0.2, 0.25) is 15.9 Å². The second-order valence-corrected chi connectivity index (χ2v) is 6.19. The quantitative estimate of drug-likeness (QED) is 0.789. The number of likely N-dealkylation sites (N-methyl/N-ethyl adjacent to an activating group) is 2. The monoisotopic (exact) mass is 309 g/mol. The van der Waals surface area contributed by atoms with Crippen molar-refractivity contribution in [1.29, 1.82) is 0 Å². The number of rotatable bonds is 4. The molecule has 19 heavy (non-hydrogen) atoms. The van der Waals surface area contributed by atoms with Crippen molar-refractivity contribution in [3.05, 3.63) is 23.0 Å². The first-order chi connectivity index (χ1) is 8.70. The summed E-state index contributed by atoms with van der Waals surface area (Å²) in [4.78, 5) is 10.5. The van der Waals surface area contributed by atoms with E-state index in [9.17, 15) is 17.6 Å². The molecule has 0 bridgehead atoms. The molecule has 0 radical (unpaired) electrons. The Bertz CT molecular complexity index is 606. The molecule has 0 spiro atoms. The van der Waals surface area contributed by atoms with Crippen LogP contribution in [0.25, 0.3) is 0 Å². The lowest BCUT2D eigenvalue weighted by Crippen LogP contribution is -2.37. The van der Waals surface area contributed by atoms with Crippen molar-refractivity contribution >= 4 is 33.2 Å². The fourth-order valence-corrected chi connectivity index (χ4v) is 2.84. The first kappa shape index (κ1) is 15.7. The molecule has 106 valence electrons. The number of nitrogens with zero attached hydrogens (tertiary/aromatic N) is 1. The first-order valence-corrected chi connectivity index (χ1v) is 6.93. The largest absolute Gasteiger partial charge is 0.396 e. The average molecular weight is 310 g/mol. The molecule has 1 aromatic carbocycles. The molecule has 0 saturated heterocycles. The molecule has 0 aliphatic heterocycles.